The lowest BCUT2D eigenvalue weighted by molar-refractivity contribution is 0.143. The van der Waals surface area contributed by atoms with Gasteiger partial charge in [0.2, 0.25) is 11.7 Å². The van der Waals surface area contributed by atoms with Crippen LogP contribution in [0.15, 0.2) is 28.8 Å². The Kier molecular flexibility index (Phi) is 4.58. The summed E-state index contributed by atoms with van der Waals surface area (Å²) in [5.41, 5.74) is 0.780. The van der Waals surface area contributed by atoms with Gasteiger partial charge in [-0.3, -0.25) is 0 Å². The van der Waals surface area contributed by atoms with Crippen molar-refractivity contribution in [1.82, 2.24) is 15.0 Å². The number of benzene rings is 1. The smallest absolute Gasteiger partial charge is 0.231 e. The van der Waals surface area contributed by atoms with Gasteiger partial charge in [0.05, 0.1) is 12.5 Å². The number of rotatable bonds is 4. The molecule has 0 amide bonds. The lowest BCUT2D eigenvalue weighted by atomic mass is 9.96. The first kappa shape index (κ1) is 15.7. The van der Waals surface area contributed by atoms with Crippen molar-refractivity contribution in [3.63, 3.8) is 0 Å². The zero-order valence-electron chi connectivity index (χ0n) is 13.7. The summed E-state index contributed by atoms with van der Waals surface area (Å²) >= 11 is 0. The van der Waals surface area contributed by atoms with Gasteiger partial charge in [-0.1, -0.05) is 5.16 Å². The van der Waals surface area contributed by atoms with E-state index in [0.29, 0.717) is 17.6 Å². The molecule has 2 fully saturated rings. The van der Waals surface area contributed by atoms with E-state index in [2.05, 4.69) is 15.0 Å². The van der Waals surface area contributed by atoms with Crippen molar-refractivity contribution < 1.29 is 13.7 Å². The molecule has 0 radical (unpaired) electrons. The van der Waals surface area contributed by atoms with E-state index in [0.717, 1.165) is 57.7 Å². The molecule has 2 atom stereocenters. The van der Waals surface area contributed by atoms with Crippen molar-refractivity contribution in [2.75, 3.05) is 32.8 Å². The average Bonchev–Trinajstić information content (AvgIpc) is 3.28. The summed E-state index contributed by atoms with van der Waals surface area (Å²) < 4.78 is 24.0. The number of aromatic nitrogens is 2. The van der Waals surface area contributed by atoms with E-state index in [1.54, 1.807) is 12.1 Å². The van der Waals surface area contributed by atoms with Crippen LogP contribution >= 0.6 is 0 Å². The Morgan fingerprint density at radius 3 is 2.88 bits per heavy atom. The average molecular weight is 331 g/mol. The Hall–Kier alpha value is -1.79. The molecule has 128 valence electrons. The minimum atomic E-state index is -0.263. The summed E-state index contributed by atoms with van der Waals surface area (Å²) in [4.78, 5) is 7.04. The highest BCUT2D eigenvalue weighted by Gasteiger charge is 2.28. The number of hydrogen-bond acceptors (Lipinski definition) is 5. The minimum absolute atomic E-state index is 0.263. The number of piperidine rings is 1. The molecule has 0 N–H and O–H groups in total. The summed E-state index contributed by atoms with van der Waals surface area (Å²) in [6, 6.07) is 6.18. The molecule has 1 aromatic carbocycles. The highest BCUT2D eigenvalue weighted by atomic mass is 19.1. The third-order valence-corrected chi connectivity index (χ3v) is 4.94. The molecule has 2 aliphatic heterocycles. The fourth-order valence-corrected chi connectivity index (χ4v) is 3.63. The molecule has 4 rings (SSSR count). The van der Waals surface area contributed by atoms with Crippen LogP contribution in [0.1, 0.15) is 31.1 Å². The molecule has 2 saturated heterocycles. The van der Waals surface area contributed by atoms with E-state index in [9.17, 15) is 4.39 Å². The molecule has 1 aromatic heterocycles. The first-order valence-electron chi connectivity index (χ1n) is 8.67. The quantitative estimate of drug-likeness (QED) is 0.862. The maximum atomic E-state index is 13.0. The SMILES string of the molecule is Fc1ccc(-c2noc([C@H]3CCCN(C[C@@H]4CCOC4)C3)n2)cc1. The van der Waals surface area contributed by atoms with Gasteiger partial charge in [0.15, 0.2) is 0 Å². The van der Waals surface area contributed by atoms with Crippen molar-refractivity contribution in [1.29, 1.82) is 0 Å². The molecular formula is C18H22FN3O2. The number of hydrogen-bond donors (Lipinski definition) is 0. The molecule has 24 heavy (non-hydrogen) atoms. The van der Waals surface area contributed by atoms with Gasteiger partial charge in [-0.2, -0.15) is 4.98 Å². The Bertz CT molecular complexity index is 667. The fourth-order valence-electron chi connectivity index (χ4n) is 3.63. The van der Waals surface area contributed by atoms with Crippen LogP contribution < -0.4 is 0 Å². The van der Waals surface area contributed by atoms with Gasteiger partial charge in [-0.05, 0) is 56.0 Å². The highest BCUT2D eigenvalue weighted by molar-refractivity contribution is 5.53. The summed E-state index contributed by atoms with van der Waals surface area (Å²) in [5.74, 6) is 1.90. The molecule has 0 aliphatic carbocycles. The summed E-state index contributed by atoms with van der Waals surface area (Å²) in [6.07, 6.45) is 3.38. The normalized spacial score (nSPS) is 25.2. The second-order valence-corrected chi connectivity index (χ2v) is 6.79. The Morgan fingerprint density at radius 1 is 1.21 bits per heavy atom. The Morgan fingerprint density at radius 2 is 2.08 bits per heavy atom. The number of nitrogens with zero attached hydrogens (tertiary/aromatic N) is 3. The lowest BCUT2D eigenvalue weighted by Gasteiger charge is -2.32. The van der Waals surface area contributed by atoms with Crippen LogP contribution in [-0.4, -0.2) is 47.9 Å². The fraction of sp³-hybridized carbons (Fsp3) is 0.556. The molecule has 2 aliphatic rings. The second-order valence-electron chi connectivity index (χ2n) is 6.79. The van der Waals surface area contributed by atoms with E-state index in [-0.39, 0.29) is 11.7 Å². The van der Waals surface area contributed by atoms with Crippen LogP contribution in [0.3, 0.4) is 0 Å². The predicted octanol–water partition coefficient (Wildman–Crippen LogP) is 3.09. The van der Waals surface area contributed by atoms with E-state index < -0.39 is 0 Å². The van der Waals surface area contributed by atoms with Crippen LogP contribution in [0.25, 0.3) is 11.4 Å². The molecule has 0 spiro atoms. The van der Waals surface area contributed by atoms with Gasteiger partial charge < -0.3 is 14.2 Å². The van der Waals surface area contributed by atoms with Crippen molar-refractivity contribution >= 4 is 0 Å². The number of likely N-dealkylation sites (tertiary alicyclic amines) is 1. The Labute approximate surface area is 140 Å². The van der Waals surface area contributed by atoms with Gasteiger partial charge >= 0.3 is 0 Å². The number of ether oxygens (including phenoxy) is 1. The third-order valence-electron chi connectivity index (χ3n) is 4.94. The van der Waals surface area contributed by atoms with Crippen LogP contribution in [0, 0.1) is 11.7 Å². The molecular weight excluding hydrogens is 309 g/mol. The molecule has 0 bridgehead atoms. The van der Waals surface area contributed by atoms with Crippen LogP contribution in [-0.2, 0) is 4.74 Å². The molecule has 6 heteroatoms. The molecule has 5 nitrogen and oxygen atoms in total. The van der Waals surface area contributed by atoms with Gasteiger partial charge in [-0.25, -0.2) is 4.39 Å². The molecule has 2 aromatic rings. The van der Waals surface area contributed by atoms with Crippen molar-refractivity contribution in [2.24, 2.45) is 5.92 Å². The van der Waals surface area contributed by atoms with Gasteiger partial charge in [-0.15, -0.1) is 0 Å². The third kappa shape index (κ3) is 3.49. The van der Waals surface area contributed by atoms with Gasteiger partial charge in [0.1, 0.15) is 5.82 Å². The molecule has 0 unspecified atom stereocenters. The molecule has 0 saturated carbocycles. The van der Waals surface area contributed by atoms with Crippen molar-refractivity contribution in [3.05, 3.63) is 36.0 Å². The molecule has 3 heterocycles. The van der Waals surface area contributed by atoms with E-state index in [1.807, 2.05) is 0 Å². The second kappa shape index (κ2) is 6.99. The van der Waals surface area contributed by atoms with E-state index in [4.69, 9.17) is 9.26 Å². The largest absolute Gasteiger partial charge is 0.381 e. The van der Waals surface area contributed by atoms with Crippen molar-refractivity contribution in [3.8, 4) is 11.4 Å². The maximum Gasteiger partial charge on any atom is 0.231 e. The van der Waals surface area contributed by atoms with Crippen molar-refractivity contribution in [2.45, 2.75) is 25.2 Å². The van der Waals surface area contributed by atoms with E-state index >= 15 is 0 Å². The number of halogens is 1. The highest BCUT2D eigenvalue weighted by Crippen LogP contribution is 2.28. The monoisotopic (exact) mass is 331 g/mol. The lowest BCUT2D eigenvalue weighted by Crippen LogP contribution is -2.38. The maximum absolute atomic E-state index is 13.0. The standard InChI is InChI=1S/C18H22FN3O2/c19-16-5-3-14(4-6-16)17-20-18(24-21-17)15-2-1-8-22(11-15)10-13-7-9-23-12-13/h3-6,13,15H,1-2,7-12H2/t13-,15-/m0/s1. The van der Waals surface area contributed by atoms with Crippen LogP contribution in [0.2, 0.25) is 0 Å². The predicted molar refractivity (Wildman–Crippen MR) is 87.0 cm³/mol. The van der Waals surface area contributed by atoms with Gasteiger partial charge in [0.25, 0.3) is 0 Å². The van der Waals surface area contributed by atoms with E-state index in [1.165, 1.54) is 12.1 Å². The van der Waals surface area contributed by atoms with Crippen LogP contribution in [0.4, 0.5) is 4.39 Å². The summed E-state index contributed by atoms with van der Waals surface area (Å²) in [6.45, 7) is 4.96. The zero-order valence-corrected chi connectivity index (χ0v) is 13.7. The summed E-state index contributed by atoms with van der Waals surface area (Å²) in [5, 5.41) is 4.07. The zero-order chi connectivity index (χ0) is 16.4. The summed E-state index contributed by atoms with van der Waals surface area (Å²) in [7, 11) is 0. The first-order valence-corrected chi connectivity index (χ1v) is 8.67. The van der Waals surface area contributed by atoms with Gasteiger partial charge in [0, 0.05) is 25.3 Å². The first-order chi connectivity index (χ1) is 11.8. The topological polar surface area (TPSA) is 51.4 Å². The minimum Gasteiger partial charge on any atom is -0.381 e. The van der Waals surface area contributed by atoms with Crippen LogP contribution in [0.5, 0.6) is 0 Å². The Balaban J connectivity index is 1.42.